The Labute approximate surface area is 174 Å². The molecule has 4 nitrogen and oxygen atoms in total. The van der Waals surface area contributed by atoms with Crippen LogP contribution >= 0.6 is 0 Å². The quantitative estimate of drug-likeness (QED) is 0.732. The summed E-state index contributed by atoms with van der Waals surface area (Å²) in [5.74, 6) is 1.74. The fourth-order valence-corrected chi connectivity index (χ4v) is 4.60. The highest BCUT2D eigenvalue weighted by atomic mass is 19.4. The van der Waals surface area contributed by atoms with E-state index in [9.17, 15) is 18.0 Å². The minimum atomic E-state index is -4.42. The van der Waals surface area contributed by atoms with E-state index in [0.29, 0.717) is 0 Å². The zero-order valence-corrected chi connectivity index (χ0v) is 17.1. The highest BCUT2D eigenvalue weighted by molar-refractivity contribution is 5.82. The predicted octanol–water partition coefficient (Wildman–Crippen LogP) is 4.78. The van der Waals surface area contributed by atoms with Crippen LogP contribution < -0.4 is 5.32 Å². The summed E-state index contributed by atoms with van der Waals surface area (Å²) in [6.45, 7) is 4.56. The highest BCUT2D eigenvalue weighted by Crippen LogP contribution is 2.59. The molecule has 1 atom stereocenters. The Bertz CT molecular complexity index is 898. The molecule has 0 radical (unpaired) electrons. The van der Waals surface area contributed by atoms with E-state index in [2.05, 4.69) is 17.1 Å². The van der Waals surface area contributed by atoms with Crippen molar-refractivity contribution in [3.8, 4) is 0 Å². The van der Waals surface area contributed by atoms with Crippen LogP contribution in [-0.2, 0) is 30.5 Å². The van der Waals surface area contributed by atoms with E-state index in [0.717, 1.165) is 62.9 Å². The second-order valence-corrected chi connectivity index (χ2v) is 8.49. The van der Waals surface area contributed by atoms with E-state index in [1.807, 2.05) is 12.1 Å². The van der Waals surface area contributed by atoms with E-state index in [-0.39, 0.29) is 29.3 Å². The van der Waals surface area contributed by atoms with E-state index in [1.54, 1.807) is 6.07 Å². The number of alkyl halides is 3. The first-order chi connectivity index (χ1) is 14.3. The number of likely N-dealkylation sites (tertiary alicyclic amines) is 1. The maximum Gasteiger partial charge on any atom is 0.416 e. The van der Waals surface area contributed by atoms with Gasteiger partial charge in [0.15, 0.2) is 0 Å². The van der Waals surface area contributed by atoms with Gasteiger partial charge in [-0.3, -0.25) is 9.69 Å². The summed E-state index contributed by atoms with van der Waals surface area (Å²) in [7, 11) is 0. The minimum absolute atomic E-state index is 0.0157. The SMILES string of the molecule is CCc1ccc(CN2CCC3(CC2)CC3C(=O)NCc2ccccc2C(F)(F)F)o1. The lowest BCUT2D eigenvalue weighted by Crippen LogP contribution is -2.36. The normalized spacial score (nSPS) is 21.0. The molecule has 2 aromatic rings. The maximum absolute atomic E-state index is 13.1. The summed E-state index contributed by atoms with van der Waals surface area (Å²) in [5, 5.41) is 2.74. The average molecular weight is 420 g/mol. The molecule has 0 bridgehead atoms. The van der Waals surface area contributed by atoms with Gasteiger partial charge in [-0.15, -0.1) is 0 Å². The van der Waals surface area contributed by atoms with Gasteiger partial charge in [0.2, 0.25) is 5.91 Å². The highest BCUT2D eigenvalue weighted by Gasteiger charge is 2.58. The van der Waals surface area contributed by atoms with Crippen LogP contribution in [0, 0.1) is 11.3 Å². The number of rotatable bonds is 6. The molecule has 1 unspecified atom stereocenters. The Balaban J connectivity index is 1.27. The molecule has 1 saturated heterocycles. The summed E-state index contributed by atoms with van der Waals surface area (Å²) in [4.78, 5) is 14.9. The van der Waals surface area contributed by atoms with Crippen LogP contribution in [0.4, 0.5) is 13.2 Å². The number of carbonyl (C=O) groups is 1. The van der Waals surface area contributed by atoms with Crippen LogP contribution in [0.1, 0.15) is 48.8 Å². The van der Waals surface area contributed by atoms with Gasteiger partial charge in [-0.1, -0.05) is 25.1 Å². The summed E-state index contributed by atoms with van der Waals surface area (Å²) >= 11 is 0. The first kappa shape index (κ1) is 21.0. The number of halogens is 3. The molecule has 1 spiro atoms. The number of benzene rings is 1. The Morgan fingerprint density at radius 3 is 2.53 bits per heavy atom. The summed E-state index contributed by atoms with van der Waals surface area (Å²) in [6.07, 6.45) is -0.834. The molecule has 4 rings (SSSR count). The van der Waals surface area contributed by atoms with Crippen molar-refractivity contribution in [2.75, 3.05) is 13.1 Å². The predicted molar refractivity (Wildman–Crippen MR) is 106 cm³/mol. The third kappa shape index (κ3) is 4.41. The van der Waals surface area contributed by atoms with Crippen LogP contribution in [0.25, 0.3) is 0 Å². The van der Waals surface area contributed by atoms with Gasteiger partial charge in [0.25, 0.3) is 0 Å². The van der Waals surface area contributed by atoms with Gasteiger partial charge < -0.3 is 9.73 Å². The van der Waals surface area contributed by atoms with Crippen molar-refractivity contribution in [2.45, 2.75) is 51.9 Å². The van der Waals surface area contributed by atoms with Gasteiger partial charge in [-0.25, -0.2) is 0 Å². The fraction of sp³-hybridized carbons (Fsp3) is 0.522. The first-order valence-electron chi connectivity index (χ1n) is 10.5. The number of hydrogen-bond acceptors (Lipinski definition) is 3. The van der Waals surface area contributed by atoms with Gasteiger partial charge in [-0.2, -0.15) is 13.2 Å². The van der Waals surface area contributed by atoms with Gasteiger partial charge in [0.05, 0.1) is 12.1 Å². The molecule has 1 aliphatic heterocycles. The lowest BCUT2D eigenvalue weighted by atomic mass is 9.90. The minimum Gasteiger partial charge on any atom is -0.465 e. The molecule has 1 aromatic heterocycles. The summed E-state index contributed by atoms with van der Waals surface area (Å²) < 4.78 is 45.1. The van der Waals surface area contributed by atoms with Crippen LogP contribution in [-0.4, -0.2) is 23.9 Å². The lowest BCUT2D eigenvalue weighted by molar-refractivity contribution is -0.138. The van der Waals surface area contributed by atoms with Crippen LogP contribution in [0.2, 0.25) is 0 Å². The zero-order valence-electron chi connectivity index (χ0n) is 17.1. The second-order valence-electron chi connectivity index (χ2n) is 8.49. The van der Waals surface area contributed by atoms with E-state index in [1.165, 1.54) is 12.1 Å². The zero-order chi connectivity index (χ0) is 21.4. The fourth-order valence-electron chi connectivity index (χ4n) is 4.60. The number of piperidine rings is 1. The van der Waals surface area contributed by atoms with Crippen molar-refractivity contribution in [1.82, 2.24) is 10.2 Å². The molecule has 1 saturated carbocycles. The van der Waals surface area contributed by atoms with Crippen LogP contribution in [0.3, 0.4) is 0 Å². The van der Waals surface area contributed by atoms with Crippen molar-refractivity contribution >= 4 is 5.91 Å². The number of aryl methyl sites for hydroxylation is 1. The number of nitrogens with one attached hydrogen (secondary N) is 1. The smallest absolute Gasteiger partial charge is 0.416 e. The summed E-state index contributed by atoms with van der Waals surface area (Å²) in [6, 6.07) is 9.44. The van der Waals surface area contributed by atoms with Gasteiger partial charge >= 0.3 is 6.18 Å². The Kier molecular flexibility index (Phi) is 5.66. The van der Waals surface area contributed by atoms with Crippen LogP contribution in [0.15, 0.2) is 40.8 Å². The number of furan rings is 1. The van der Waals surface area contributed by atoms with E-state index in [4.69, 9.17) is 4.42 Å². The summed E-state index contributed by atoms with van der Waals surface area (Å²) in [5.41, 5.74) is -0.567. The molecule has 1 amide bonds. The molecule has 1 aromatic carbocycles. The van der Waals surface area contributed by atoms with E-state index >= 15 is 0 Å². The molecular formula is C23H27F3N2O2. The van der Waals surface area contributed by atoms with Crippen molar-refractivity contribution in [3.05, 3.63) is 59.0 Å². The molecular weight excluding hydrogens is 393 g/mol. The largest absolute Gasteiger partial charge is 0.465 e. The molecule has 7 heteroatoms. The topological polar surface area (TPSA) is 45.5 Å². The third-order valence-corrected chi connectivity index (χ3v) is 6.58. The number of amides is 1. The Hall–Kier alpha value is -2.28. The van der Waals surface area contributed by atoms with Gasteiger partial charge in [0, 0.05) is 18.9 Å². The number of nitrogens with zero attached hydrogens (tertiary/aromatic N) is 1. The molecule has 2 aliphatic rings. The standard InChI is InChI=1S/C23H27F3N2O2/c1-2-17-7-8-18(30-17)15-28-11-9-22(10-12-28)13-20(22)21(29)27-14-16-5-3-4-6-19(16)23(24,25)26/h3-8,20H,2,9-15H2,1H3,(H,27,29). The maximum atomic E-state index is 13.1. The Morgan fingerprint density at radius 1 is 1.17 bits per heavy atom. The van der Waals surface area contributed by atoms with Crippen molar-refractivity contribution in [1.29, 1.82) is 0 Å². The molecule has 30 heavy (non-hydrogen) atoms. The average Bonchev–Trinajstić information content (AvgIpc) is 3.23. The van der Waals surface area contributed by atoms with Gasteiger partial charge in [0.1, 0.15) is 11.5 Å². The first-order valence-corrected chi connectivity index (χ1v) is 10.5. The van der Waals surface area contributed by atoms with E-state index < -0.39 is 11.7 Å². The lowest BCUT2D eigenvalue weighted by Gasteiger charge is -2.32. The van der Waals surface area contributed by atoms with Crippen LogP contribution in [0.5, 0.6) is 0 Å². The van der Waals surface area contributed by atoms with Crippen molar-refractivity contribution in [3.63, 3.8) is 0 Å². The van der Waals surface area contributed by atoms with Gasteiger partial charge in [-0.05, 0) is 61.5 Å². The Morgan fingerprint density at radius 2 is 1.87 bits per heavy atom. The molecule has 1 aliphatic carbocycles. The molecule has 2 heterocycles. The van der Waals surface area contributed by atoms with Crippen molar-refractivity contribution < 1.29 is 22.4 Å². The molecule has 1 N–H and O–H groups in total. The number of hydrogen-bond donors (Lipinski definition) is 1. The third-order valence-electron chi connectivity index (χ3n) is 6.58. The van der Waals surface area contributed by atoms with Crippen molar-refractivity contribution in [2.24, 2.45) is 11.3 Å². The molecule has 2 fully saturated rings. The molecule has 162 valence electrons. The monoisotopic (exact) mass is 420 g/mol. The number of carbonyl (C=O) groups excluding carboxylic acids is 1. The second kappa shape index (κ2) is 8.10.